The van der Waals surface area contributed by atoms with Gasteiger partial charge in [0, 0.05) is 16.3 Å². The minimum absolute atomic E-state index is 0.159. The van der Waals surface area contributed by atoms with Crippen LogP contribution in [0.3, 0.4) is 0 Å². The topological polar surface area (TPSA) is 133 Å². The Morgan fingerprint density at radius 1 is 0.719 bits per heavy atom. The maximum atomic E-state index is 12.6. The number of amides is 2. The predicted molar refractivity (Wildman–Crippen MR) is 121 cm³/mol. The first-order valence-corrected chi connectivity index (χ1v) is 10.3. The Hall–Kier alpha value is -4.11. The molecule has 0 aromatic heterocycles. The van der Waals surface area contributed by atoms with Crippen LogP contribution in [0, 0.1) is 0 Å². The Labute approximate surface area is 187 Å². The maximum Gasteiger partial charge on any atom is 0.336 e. The van der Waals surface area contributed by atoms with Crippen molar-refractivity contribution in [1.82, 2.24) is 0 Å². The summed E-state index contributed by atoms with van der Waals surface area (Å²) in [4.78, 5) is 48.0. The Kier molecular flexibility index (Phi) is 7.25. The average Bonchev–Trinajstić information content (AvgIpc) is 2.78. The zero-order valence-electron chi connectivity index (χ0n) is 16.6. The summed E-state index contributed by atoms with van der Waals surface area (Å²) in [6.45, 7) is 0. The monoisotopic (exact) mass is 450 g/mol. The largest absolute Gasteiger partial charge is 0.478 e. The molecule has 8 nitrogen and oxygen atoms in total. The highest BCUT2D eigenvalue weighted by Crippen LogP contribution is 2.23. The number of nitrogens with one attached hydrogen (secondary N) is 2. The van der Waals surface area contributed by atoms with Crippen LogP contribution < -0.4 is 10.6 Å². The third kappa shape index (κ3) is 5.96. The number of thioether (sulfide) groups is 1. The summed E-state index contributed by atoms with van der Waals surface area (Å²) in [5.74, 6) is -3.41. The molecular formula is C23H18N2O6S. The van der Waals surface area contributed by atoms with Crippen LogP contribution in [0.15, 0.2) is 77.7 Å². The average molecular weight is 450 g/mol. The lowest BCUT2D eigenvalue weighted by atomic mass is 10.0. The van der Waals surface area contributed by atoms with Crippen molar-refractivity contribution >= 4 is 46.9 Å². The number of anilines is 2. The molecule has 0 aliphatic carbocycles. The minimum atomic E-state index is -1.41. The van der Waals surface area contributed by atoms with E-state index in [1.807, 2.05) is 18.2 Å². The molecule has 0 saturated carbocycles. The lowest BCUT2D eigenvalue weighted by molar-refractivity contribution is -0.113. The van der Waals surface area contributed by atoms with Crippen LogP contribution in [-0.4, -0.2) is 39.7 Å². The van der Waals surface area contributed by atoms with Crippen molar-refractivity contribution in [2.75, 3.05) is 16.4 Å². The summed E-state index contributed by atoms with van der Waals surface area (Å²) in [6, 6.07) is 19.1. The molecule has 0 unspecified atom stereocenters. The normalized spacial score (nSPS) is 10.2. The van der Waals surface area contributed by atoms with E-state index < -0.39 is 23.4 Å². The molecular weight excluding hydrogens is 432 g/mol. The van der Waals surface area contributed by atoms with Gasteiger partial charge in [0.05, 0.1) is 22.4 Å². The number of rotatable bonds is 8. The second-order valence-corrected chi connectivity index (χ2v) is 7.60. The number of aromatic carboxylic acids is 2. The molecule has 0 saturated heterocycles. The second-order valence-electron chi connectivity index (χ2n) is 6.56. The standard InChI is InChI=1S/C23H18N2O6S/c26-20(24-15-5-2-1-3-6-15)13-32-17-8-4-7-16(12-17)25-21(27)18-10-9-14(22(28)29)11-19(18)23(30)31/h1-12H,13H2,(H,24,26)(H,25,27)(H,28,29)(H,30,31). The first kappa shape index (κ1) is 22.6. The lowest BCUT2D eigenvalue weighted by Crippen LogP contribution is -2.17. The quantitative estimate of drug-likeness (QED) is 0.380. The number of carboxylic acids is 2. The molecule has 9 heteroatoms. The van der Waals surface area contributed by atoms with Gasteiger partial charge >= 0.3 is 11.9 Å². The number of hydrogen-bond donors (Lipinski definition) is 4. The zero-order valence-corrected chi connectivity index (χ0v) is 17.4. The van der Waals surface area contributed by atoms with E-state index in [1.54, 1.807) is 36.4 Å². The fourth-order valence-corrected chi connectivity index (χ4v) is 3.54. The fourth-order valence-electron chi connectivity index (χ4n) is 2.78. The Morgan fingerprint density at radius 3 is 2.12 bits per heavy atom. The molecule has 32 heavy (non-hydrogen) atoms. The van der Waals surface area contributed by atoms with E-state index in [4.69, 9.17) is 5.11 Å². The highest BCUT2D eigenvalue weighted by molar-refractivity contribution is 8.00. The van der Waals surface area contributed by atoms with Gasteiger partial charge < -0.3 is 20.8 Å². The molecule has 0 aliphatic heterocycles. The first-order chi connectivity index (χ1) is 15.3. The van der Waals surface area contributed by atoms with Gasteiger partial charge in [0.2, 0.25) is 5.91 Å². The van der Waals surface area contributed by atoms with Gasteiger partial charge in [-0.05, 0) is 48.5 Å². The van der Waals surface area contributed by atoms with Gasteiger partial charge in [-0.2, -0.15) is 0 Å². The van der Waals surface area contributed by atoms with Crippen LogP contribution >= 0.6 is 11.8 Å². The molecule has 3 aromatic carbocycles. The highest BCUT2D eigenvalue weighted by Gasteiger charge is 2.19. The third-order valence-electron chi connectivity index (χ3n) is 4.26. The summed E-state index contributed by atoms with van der Waals surface area (Å²) in [5, 5.41) is 23.8. The summed E-state index contributed by atoms with van der Waals surface area (Å²) >= 11 is 1.28. The number of carbonyl (C=O) groups excluding carboxylic acids is 2. The van der Waals surface area contributed by atoms with Crippen LogP contribution in [0.4, 0.5) is 11.4 Å². The van der Waals surface area contributed by atoms with Crippen molar-refractivity contribution in [2.45, 2.75) is 4.90 Å². The molecule has 0 radical (unpaired) electrons. The van der Waals surface area contributed by atoms with Crippen molar-refractivity contribution in [3.8, 4) is 0 Å². The molecule has 0 heterocycles. The van der Waals surface area contributed by atoms with Crippen LogP contribution in [0.2, 0.25) is 0 Å². The van der Waals surface area contributed by atoms with E-state index in [-0.39, 0.29) is 22.8 Å². The highest BCUT2D eigenvalue weighted by atomic mass is 32.2. The van der Waals surface area contributed by atoms with Gasteiger partial charge in [-0.25, -0.2) is 9.59 Å². The second kappa shape index (κ2) is 10.3. The van der Waals surface area contributed by atoms with Crippen LogP contribution in [0.1, 0.15) is 31.1 Å². The minimum Gasteiger partial charge on any atom is -0.478 e. The Morgan fingerprint density at radius 2 is 1.44 bits per heavy atom. The van der Waals surface area contributed by atoms with Gasteiger partial charge in [-0.15, -0.1) is 11.8 Å². The van der Waals surface area contributed by atoms with E-state index in [9.17, 15) is 24.3 Å². The summed E-state index contributed by atoms with van der Waals surface area (Å²) in [5.41, 5.74) is 0.295. The van der Waals surface area contributed by atoms with E-state index in [2.05, 4.69) is 10.6 Å². The van der Waals surface area contributed by atoms with E-state index in [0.717, 1.165) is 17.0 Å². The van der Waals surface area contributed by atoms with Gasteiger partial charge in [-0.3, -0.25) is 9.59 Å². The van der Waals surface area contributed by atoms with Crippen molar-refractivity contribution in [3.63, 3.8) is 0 Å². The van der Waals surface area contributed by atoms with E-state index in [1.165, 1.54) is 17.8 Å². The molecule has 0 spiro atoms. The summed E-state index contributed by atoms with van der Waals surface area (Å²) in [7, 11) is 0. The number of carboxylic acid groups (broad SMARTS) is 2. The van der Waals surface area contributed by atoms with Gasteiger partial charge in [0.1, 0.15) is 0 Å². The van der Waals surface area contributed by atoms with Crippen LogP contribution in [0.25, 0.3) is 0 Å². The molecule has 3 rings (SSSR count). The molecule has 0 atom stereocenters. The molecule has 0 bridgehead atoms. The SMILES string of the molecule is O=C(CSc1cccc(NC(=O)c2ccc(C(=O)O)cc2C(=O)O)c1)Nc1ccccc1. The van der Waals surface area contributed by atoms with Gasteiger partial charge in [0.15, 0.2) is 0 Å². The van der Waals surface area contributed by atoms with Crippen LogP contribution in [-0.2, 0) is 4.79 Å². The number of hydrogen-bond acceptors (Lipinski definition) is 5. The van der Waals surface area contributed by atoms with Crippen molar-refractivity contribution in [1.29, 1.82) is 0 Å². The predicted octanol–water partition coefficient (Wildman–Crippen LogP) is 4.07. The molecule has 4 N–H and O–H groups in total. The third-order valence-corrected chi connectivity index (χ3v) is 5.25. The summed E-state index contributed by atoms with van der Waals surface area (Å²) in [6.07, 6.45) is 0. The number of benzene rings is 3. The molecule has 0 fully saturated rings. The smallest absolute Gasteiger partial charge is 0.336 e. The van der Waals surface area contributed by atoms with Crippen molar-refractivity contribution in [2.24, 2.45) is 0 Å². The first-order valence-electron chi connectivity index (χ1n) is 9.33. The van der Waals surface area contributed by atoms with Crippen LogP contribution in [0.5, 0.6) is 0 Å². The molecule has 0 aliphatic rings. The van der Waals surface area contributed by atoms with Gasteiger partial charge in [-0.1, -0.05) is 24.3 Å². The van der Waals surface area contributed by atoms with Crippen molar-refractivity contribution < 1.29 is 29.4 Å². The Bertz CT molecular complexity index is 1180. The van der Waals surface area contributed by atoms with E-state index >= 15 is 0 Å². The number of carbonyl (C=O) groups is 4. The van der Waals surface area contributed by atoms with Gasteiger partial charge in [0.25, 0.3) is 5.91 Å². The summed E-state index contributed by atoms with van der Waals surface area (Å²) < 4.78 is 0. The fraction of sp³-hybridized carbons (Fsp3) is 0.0435. The molecule has 162 valence electrons. The Balaban J connectivity index is 1.67. The van der Waals surface area contributed by atoms with Crippen molar-refractivity contribution in [3.05, 3.63) is 89.5 Å². The molecule has 3 aromatic rings. The maximum absolute atomic E-state index is 12.6. The zero-order chi connectivity index (χ0) is 23.1. The molecule has 2 amide bonds. The number of para-hydroxylation sites is 1. The van der Waals surface area contributed by atoms with E-state index in [0.29, 0.717) is 11.4 Å². The lowest BCUT2D eigenvalue weighted by Gasteiger charge is -2.10.